The number of rotatable bonds is 4. The van der Waals surface area contributed by atoms with Crippen molar-refractivity contribution in [3.8, 4) is 5.75 Å². The van der Waals surface area contributed by atoms with E-state index in [0.717, 1.165) is 12.3 Å². The van der Waals surface area contributed by atoms with Crippen molar-refractivity contribution in [2.45, 2.75) is 39.3 Å². The summed E-state index contributed by atoms with van der Waals surface area (Å²) in [5.41, 5.74) is 1.96. The minimum Gasteiger partial charge on any atom is -0.491 e. The fourth-order valence-corrected chi connectivity index (χ4v) is 3.51. The average Bonchev–Trinajstić information content (AvgIpc) is 3.02. The third-order valence-corrected chi connectivity index (χ3v) is 4.55. The Morgan fingerprint density at radius 3 is 2.62 bits per heavy atom. The molecule has 3 nitrogen and oxygen atoms in total. The van der Waals surface area contributed by atoms with Crippen molar-refractivity contribution in [1.29, 1.82) is 0 Å². The smallest absolute Gasteiger partial charge is 0.119 e. The Bertz CT molecular complexity index is 441. The van der Waals surface area contributed by atoms with Crippen LogP contribution in [0.4, 0.5) is 0 Å². The van der Waals surface area contributed by atoms with Crippen LogP contribution in [0.3, 0.4) is 0 Å². The third kappa shape index (κ3) is 4.12. The highest BCUT2D eigenvalue weighted by Gasteiger charge is 2.39. The van der Waals surface area contributed by atoms with Crippen LogP contribution < -0.4 is 10.1 Å². The lowest BCUT2D eigenvalue weighted by molar-refractivity contribution is 0.242. The normalized spacial score (nSPS) is 25.5. The first-order chi connectivity index (χ1) is 9.65. The Labute approximate surface area is 134 Å². The molecule has 0 saturated carbocycles. The Balaban J connectivity index is 0.00000161. The fraction of sp³-hybridized carbons (Fsp3) is 0.647. The molecule has 0 bridgehead atoms. The highest BCUT2D eigenvalue weighted by atomic mass is 35.5. The molecule has 1 aromatic carbocycles. The molecular formula is C17H27ClN2O. The van der Waals surface area contributed by atoms with E-state index in [4.69, 9.17) is 4.74 Å². The Morgan fingerprint density at radius 1 is 1.24 bits per heavy atom. The van der Waals surface area contributed by atoms with Crippen molar-refractivity contribution in [2.75, 3.05) is 26.2 Å². The second-order valence-electron chi connectivity index (χ2n) is 6.70. The molecule has 1 aromatic rings. The lowest BCUT2D eigenvalue weighted by atomic mass is 9.86. The quantitative estimate of drug-likeness (QED) is 0.925. The van der Waals surface area contributed by atoms with Gasteiger partial charge in [-0.15, -0.1) is 12.4 Å². The van der Waals surface area contributed by atoms with Crippen LogP contribution in [0.25, 0.3) is 0 Å². The zero-order valence-electron chi connectivity index (χ0n) is 13.1. The predicted octanol–water partition coefficient (Wildman–Crippen LogP) is 3.08. The fourth-order valence-electron chi connectivity index (χ4n) is 3.51. The summed E-state index contributed by atoms with van der Waals surface area (Å²) in [6.07, 6.45) is 2.95. The molecule has 21 heavy (non-hydrogen) atoms. The van der Waals surface area contributed by atoms with E-state index in [2.05, 4.69) is 48.3 Å². The molecule has 118 valence electrons. The van der Waals surface area contributed by atoms with Gasteiger partial charge in [0.05, 0.1) is 6.10 Å². The summed E-state index contributed by atoms with van der Waals surface area (Å²) >= 11 is 0. The van der Waals surface area contributed by atoms with E-state index in [1.165, 1.54) is 44.6 Å². The molecular weight excluding hydrogens is 284 g/mol. The Kier molecular flexibility index (Phi) is 5.53. The largest absolute Gasteiger partial charge is 0.491 e. The van der Waals surface area contributed by atoms with Gasteiger partial charge in [-0.25, -0.2) is 0 Å². The highest BCUT2D eigenvalue weighted by Crippen LogP contribution is 2.36. The van der Waals surface area contributed by atoms with Gasteiger partial charge in [-0.05, 0) is 62.9 Å². The first kappa shape index (κ1) is 16.6. The molecule has 0 amide bonds. The third-order valence-electron chi connectivity index (χ3n) is 4.55. The van der Waals surface area contributed by atoms with Crippen molar-refractivity contribution in [3.63, 3.8) is 0 Å². The number of ether oxygens (including phenoxy) is 1. The molecule has 0 aromatic heterocycles. The van der Waals surface area contributed by atoms with Crippen LogP contribution in [0.15, 0.2) is 24.3 Å². The van der Waals surface area contributed by atoms with Crippen molar-refractivity contribution in [2.24, 2.45) is 5.41 Å². The predicted molar refractivity (Wildman–Crippen MR) is 89.3 cm³/mol. The zero-order chi connectivity index (χ0) is 14.0. The van der Waals surface area contributed by atoms with Gasteiger partial charge in [0, 0.05) is 19.6 Å². The Morgan fingerprint density at radius 2 is 2.00 bits per heavy atom. The molecule has 2 fully saturated rings. The molecule has 0 radical (unpaired) electrons. The summed E-state index contributed by atoms with van der Waals surface area (Å²) in [5.74, 6) is 0.974. The summed E-state index contributed by atoms with van der Waals surface area (Å²) in [6, 6.07) is 8.60. The first-order valence-electron chi connectivity index (χ1n) is 7.84. The maximum absolute atomic E-state index is 5.69. The molecule has 4 heteroatoms. The van der Waals surface area contributed by atoms with Crippen LogP contribution >= 0.6 is 12.4 Å². The van der Waals surface area contributed by atoms with Crippen LogP contribution in [0, 0.1) is 5.41 Å². The van der Waals surface area contributed by atoms with E-state index in [9.17, 15) is 0 Å². The molecule has 3 rings (SSSR count). The number of hydrogen-bond donors (Lipinski definition) is 1. The van der Waals surface area contributed by atoms with Gasteiger partial charge in [0.2, 0.25) is 0 Å². The zero-order valence-corrected chi connectivity index (χ0v) is 13.9. The van der Waals surface area contributed by atoms with Gasteiger partial charge in [-0.3, -0.25) is 4.90 Å². The molecule has 2 aliphatic rings. The van der Waals surface area contributed by atoms with E-state index in [1.807, 2.05) is 0 Å². The van der Waals surface area contributed by atoms with Crippen LogP contribution in [0.2, 0.25) is 0 Å². The van der Waals surface area contributed by atoms with Crippen molar-refractivity contribution >= 4 is 12.4 Å². The minimum absolute atomic E-state index is 0. The van der Waals surface area contributed by atoms with Crippen LogP contribution in [0.1, 0.15) is 32.3 Å². The molecule has 2 saturated heterocycles. The summed E-state index contributed by atoms with van der Waals surface area (Å²) in [4.78, 5) is 2.60. The Hall–Kier alpha value is -0.770. The molecule has 2 heterocycles. The standard InChI is InChI=1S/C17H26N2O.ClH/c1-14(2)20-16-5-3-15(4-6-16)11-19-10-8-17(13-19)7-9-18-12-17;/h3-6,14,18H,7-13H2,1-2H3;1H. The number of likely N-dealkylation sites (tertiary alicyclic amines) is 1. The van der Waals surface area contributed by atoms with Crippen LogP contribution in [-0.2, 0) is 6.54 Å². The maximum Gasteiger partial charge on any atom is 0.119 e. The number of halogens is 1. The van der Waals surface area contributed by atoms with E-state index in [0.29, 0.717) is 5.41 Å². The van der Waals surface area contributed by atoms with Gasteiger partial charge in [0.15, 0.2) is 0 Å². The van der Waals surface area contributed by atoms with Gasteiger partial charge in [0.25, 0.3) is 0 Å². The lowest BCUT2D eigenvalue weighted by Crippen LogP contribution is -2.28. The van der Waals surface area contributed by atoms with Crippen molar-refractivity contribution in [3.05, 3.63) is 29.8 Å². The summed E-state index contributed by atoms with van der Waals surface area (Å²) in [5, 5.41) is 3.52. The number of nitrogens with zero attached hydrogens (tertiary/aromatic N) is 1. The SMILES string of the molecule is CC(C)Oc1ccc(CN2CCC3(CCNC3)C2)cc1.Cl. The molecule has 1 atom stereocenters. The summed E-state index contributed by atoms with van der Waals surface area (Å²) < 4.78 is 5.69. The second kappa shape index (κ2) is 6.99. The lowest BCUT2D eigenvalue weighted by Gasteiger charge is -2.23. The van der Waals surface area contributed by atoms with Crippen LogP contribution in [0.5, 0.6) is 5.75 Å². The second-order valence-corrected chi connectivity index (χ2v) is 6.70. The topological polar surface area (TPSA) is 24.5 Å². The minimum atomic E-state index is 0. The van der Waals surface area contributed by atoms with Gasteiger partial charge in [0.1, 0.15) is 5.75 Å². The van der Waals surface area contributed by atoms with Crippen molar-refractivity contribution in [1.82, 2.24) is 10.2 Å². The van der Waals surface area contributed by atoms with Gasteiger partial charge >= 0.3 is 0 Å². The molecule has 1 N–H and O–H groups in total. The van der Waals surface area contributed by atoms with E-state index in [-0.39, 0.29) is 18.5 Å². The average molecular weight is 311 g/mol. The molecule has 2 aliphatic heterocycles. The molecule has 0 aliphatic carbocycles. The number of hydrogen-bond acceptors (Lipinski definition) is 3. The van der Waals surface area contributed by atoms with Crippen molar-refractivity contribution < 1.29 is 4.74 Å². The van der Waals surface area contributed by atoms with Gasteiger partial charge in [-0.2, -0.15) is 0 Å². The van der Waals surface area contributed by atoms with E-state index in [1.54, 1.807) is 0 Å². The number of nitrogens with one attached hydrogen (secondary N) is 1. The summed E-state index contributed by atoms with van der Waals surface area (Å²) in [7, 11) is 0. The molecule has 1 unspecified atom stereocenters. The monoisotopic (exact) mass is 310 g/mol. The van der Waals surface area contributed by atoms with E-state index >= 15 is 0 Å². The molecule has 1 spiro atoms. The van der Waals surface area contributed by atoms with Gasteiger partial charge < -0.3 is 10.1 Å². The number of benzene rings is 1. The van der Waals surface area contributed by atoms with E-state index < -0.39 is 0 Å². The highest BCUT2D eigenvalue weighted by molar-refractivity contribution is 5.85. The van der Waals surface area contributed by atoms with Gasteiger partial charge in [-0.1, -0.05) is 12.1 Å². The first-order valence-corrected chi connectivity index (χ1v) is 7.84. The maximum atomic E-state index is 5.69. The van der Waals surface area contributed by atoms with Crippen LogP contribution in [-0.4, -0.2) is 37.2 Å². The summed E-state index contributed by atoms with van der Waals surface area (Å²) in [6.45, 7) is 10.1.